The third-order valence-electron chi connectivity index (χ3n) is 2.40. The predicted octanol–water partition coefficient (Wildman–Crippen LogP) is 4.10. The molecule has 0 aromatic heterocycles. The molecule has 0 fully saturated rings. The number of hydrogen-bond acceptors (Lipinski definition) is 3. The lowest BCUT2D eigenvalue weighted by Gasteiger charge is -2.12. The first kappa shape index (κ1) is 13.0. The molecular weight excluding hydrogens is 343 g/mol. The summed E-state index contributed by atoms with van der Waals surface area (Å²) < 4.78 is 17.3. The standard InChI is InChI=1S/C14H13IO3/c1-16-12-8-11(9-13(17-2)14(12)15)18-10-6-4-3-5-7-10/h3-9H,1-2H3. The highest BCUT2D eigenvalue weighted by Crippen LogP contribution is 2.36. The summed E-state index contributed by atoms with van der Waals surface area (Å²) in [6.45, 7) is 0. The van der Waals surface area contributed by atoms with Gasteiger partial charge in [0.05, 0.1) is 17.8 Å². The van der Waals surface area contributed by atoms with Gasteiger partial charge in [0, 0.05) is 12.1 Å². The van der Waals surface area contributed by atoms with Crippen molar-refractivity contribution in [3.63, 3.8) is 0 Å². The van der Waals surface area contributed by atoms with Gasteiger partial charge in [0.2, 0.25) is 0 Å². The van der Waals surface area contributed by atoms with E-state index in [0.29, 0.717) is 5.75 Å². The molecule has 0 aliphatic heterocycles. The third kappa shape index (κ3) is 2.87. The lowest BCUT2D eigenvalue weighted by atomic mass is 10.3. The van der Waals surface area contributed by atoms with Crippen LogP contribution in [0.15, 0.2) is 42.5 Å². The minimum absolute atomic E-state index is 0.690. The summed E-state index contributed by atoms with van der Waals surface area (Å²) in [6, 6.07) is 13.3. The van der Waals surface area contributed by atoms with Crippen molar-refractivity contribution in [2.75, 3.05) is 14.2 Å². The van der Waals surface area contributed by atoms with Crippen LogP contribution in [-0.4, -0.2) is 14.2 Å². The zero-order valence-electron chi connectivity index (χ0n) is 10.1. The highest BCUT2D eigenvalue weighted by Gasteiger charge is 2.10. The number of halogens is 1. The molecule has 2 aromatic carbocycles. The Kier molecular flexibility index (Phi) is 4.30. The second kappa shape index (κ2) is 5.95. The molecule has 0 aliphatic carbocycles. The van der Waals surface area contributed by atoms with Crippen molar-refractivity contribution >= 4 is 22.6 Å². The molecule has 0 saturated heterocycles. The van der Waals surface area contributed by atoms with Crippen LogP contribution < -0.4 is 14.2 Å². The van der Waals surface area contributed by atoms with Crippen LogP contribution in [-0.2, 0) is 0 Å². The average Bonchev–Trinajstić information content (AvgIpc) is 2.41. The molecule has 2 aromatic rings. The van der Waals surface area contributed by atoms with E-state index in [0.717, 1.165) is 20.8 Å². The summed E-state index contributed by atoms with van der Waals surface area (Å²) in [4.78, 5) is 0. The Hall–Kier alpha value is -1.43. The number of methoxy groups -OCH3 is 2. The van der Waals surface area contributed by atoms with E-state index in [9.17, 15) is 0 Å². The van der Waals surface area contributed by atoms with E-state index in [2.05, 4.69) is 22.6 Å². The predicted molar refractivity (Wildman–Crippen MR) is 78.8 cm³/mol. The molecule has 0 radical (unpaired) electrons. The van der Waals surface area contributed by atoms with Crippen molar-refractivity contribution in [3.8, 4) is 23.0 Å². The SMILES string of the molecule is COc1cc(Oc2ccccc2)cc(OC)c1I. The van der Waals surface area contributed by atoms with Gasteiger partial charge in [-0.05, 0) is 34.7 Å². The average molecular weight is 356 g/mol. The van der Waals surface area contributed by atoms with Crippen LogP contribution in [0.4, 0.5) is 0 Å². The summed E-state index contributed by atoms with van der Waals surface area (Å²) in [5, 5.41) is 0. The van der Waals surface area contributed by atoms with Gasteiger partial charge in [-0.2, -0.15) is 0 Å². The molecule has 0 spiro atoms. The maximum absolute atomic E-state index is 5.76. The molecule has 18 heavy (non-hydrogen) atoms. The first-order valence-corrected chi connectivity index (χ1v) is 6.47. The minimum atomic E-state index is 0.690. The molecule has 0 unspecified atom stereocenters. The fourth-order valence-corrected chi connectivity index (χ4v) is 2.28. The molecule has 0 saturated carbocycles. The van der Waals surface area contributed by atoms with Gasteiger partial charge in [0.1, 0.15) is 23.0 Å². The highest BCUT2D eigenvalue weighted by atomic mass is 127. The smallest absolute Gasteiger partial charge is 0.139 e. The molecule has 0 aliphatic rings. The molecular formula is C14H13IO3. The summed E-state index contributed by atoms with van der Waals surface area (Å²) in [7, 11) is 3.26. The van der Waals surface area contributed by atoms with Crippen LogP contribution in [0.25, 0.3) is 0 Å². The van der Waals surface area contributed by atoms with Crippen LogP contribution in [0, 0.1) is 3.57 Å². The van der Waals surface area contributed by atoms with Gasteiger partial charge in [-0.3, -0.25) is 0 Å². The monoisotopic (exact) mass is 356 g/mol. The van der Waals surface area contributed by atoms with E-state index < -0.39 is 0 Å². The minimum Gasteiger partial charge on any atom is -0.495 e. The number of benzene rings is 2. The molecule has 0 atom stereocenters. The highest BCUT2D eigenvalue weighted by molar-refractivity contribution is 14.1. The lowest BCUT2D eigenvalue weighted by Crippen LogP contribution is -1.94. The van der Waals surface area contributed by atoms with Gasteiger partial charge in [-0.1, -0.05) is 18.2 Å². The zero-order chi connectivity index (χ0) is 13.0. The van der Waals surface area contributed by atoms with Crippen molar-refractivity contribution in [2.45, 2.75) is 0 Å². The Bertz CT molecular complexity index is 501. The second-order valence-corrected chi connectivity index (χ2v) is 4.64. The van der Waals surface area contributed by atoms with E-state index in [4.69, 9.17) is 14.2 Å². The van der Waals surface area contributed by atoms with Crippen LogP contribution >= 0.6 is 22.6 Å². The summed E-state index contributed by atoms with van der Waals surface area (Å²) in [6.07, 6.45) is 0. The van der Waals surface area contributed by atoms with Gasteiger partial charge in [-0.15, -0.1) is 0 Å². The summed E-state index contributed by atoms with van der Waals surface area (Å²) >= 11 is 2.18. The molecule has 94 valence electrons. The van der Waals surface area contributed by atoms with Crippen molar-refractivity contribution in [1.29, 1.82) is 0 Å². The van der Waals surface area contributed by atoms with Gasteiger partial charge >= 0.3 is 0 Å². The van der Waals surface area contributed by atoms with Gasteiger partial charge in [-0.25, -0.2) is 0 Å². The van der Waals surface area contributed by atoms with E-state index in [1.807, 2.05) is 42.5 Å². The van der Waals surface area contributed by atoms with Gasteiger partial charge < -0.3 is 14.2 Å². The first-order valence-electron chi connectivity index (χ1n) is 5.39. The van der Waals surface area contributed by atoms with E-state index in [1.165, 1.54) is 0 Å². The van der Waals surface area contributed by atoms with E-state index >= 15 is 0 Å². The fourth-order valence-electron chi connectivity index (χ4n) is 1.53. The Morgan fingerprint density at radius 1 is 0.833 bits per heavy atom. The van der Waals surface area contributed by atoms with Crippen LogP contribution in [0.1, 0.15) is 0 Å². The quantitative estimate of drug-likeness (QED) is 0.772. The topological polar surface area (TPSA) is 27.7 Å². The molecule has 0 N–H and O–H groups in total. The molecule has 0 heterocycles. The van der Waals surface area contributed by atoms with Crippen LogP contribution in [0.5, 0.6) is 23.0 Å². The van der Waals surface area contributed by atoms with Crippen molar-refractivity contribution in [1.82, 2.24) is 0 Å². The molecule has 0 amide bonds. The number of rotatable bonds is 4. The largest absolute Gasteiger partial charge is 0.495 e. The molecule has 0 bridgehead atoms. The normalized spacial score (nSPS) is 9.94. The molecule has 3 nitrogen and oxygen atoms in total. The Labute approximate surface area is 120 Å². The van der Waals surface area contributed by atoms with Crippen LogP contribution in [0.3, 0.4) is 0 Å². The van der Waals surface area contributed by atoms with Gasteiger partial charge in [0.25, 0.3) is 0 Å². The lowest BCUT2D eigenvalue weighted by molar-refractivity contribution is 0.381. The maximum Gasteiger partial charge on any atom is 0.139 e. The third-order valence-corrected chi connectivity index (χ3v) is 3.46. The summed E-state index contributed by atoms with van der Waals surface area (Å²) in [5.74, 6) is 2.94. The number of ether oxygens (including phenoxy) is 3. The van der Waals surface area contributed by atoms with E-state index in [-0.39, 0.29) is 0 Å². The van der Waals surface area contributed by atoms with Crippen LogP contribution in [0.2, 0.25) is 0 Å². The van der Waals surface area contributed by atoms with Crippen molar-refractivity contribution < 1.29 is 14.2 Å². The Morgan fingerprint density at radius 2 is 1.39 bits per heavy atom. The number of para-hydroxylation sites is 1. The Balaban J connectivity index is 2.34. The maximum atomic E-state index is 5.76. The molecule has 4 heteroatoms. The van der Waals surface area contributed by atoms with Crippen molar-refractivity contribution in [3.05, 3.63) is 46.0 Å². The van der Waals surface area contributed by atoms with Crippen molar-refractivity contribution in [2.24, 2.45) is 0 Å². The summed E-state index contributed by atoms with van der Waals surface area (Å²) in [5.41, 5.74) is 0. The first-order chi connectivity index (χ1) is 8.74. The molecule has 2 rings (SSSR count). The zero-order valence-corrected chi connectivity index (χ0v) is 12.3. The van der Waals surface area contributed by atoms with Gasteiger partial charge in [0.15, 0.2) is 0 Å². The second-order valence-electron chi connectivity index (χ2n) is 3.56. The number of hydrogen-bond donors (Lipinski definition) is 0. The van der Waals surface area contributed by atoms with E-state index in [1.54, 1.807) is 14.2 Å². The Morgan fingerprint density at radius 3 is 1.89 bits per heavy atom. The fraction of sp³-hybridized carbons (Fsp3) is 0.143.